The van der Waals surface area contributed by atoms with E-state index in [1.165, 1.54) is 39.8 Å². The molecule has 3 amide bonds. The number of carbonyl (C=O) groups excluding carboxylic acids is 2. The van der Waals surface area contributed by atoms with Crippen molar-refractivity contribution in [1.82, 2.24) is 25.7 Å². The maximum absolute atomic E-state index is 12.7. The van der Waals surface area contributed by atoms with Crippen LogP contribution in [0.1, 0.15) is 16.8 Å². The van der Waals surface area contributed by atoms with E-state index in [0.29, 0.717) is 22.6 Å². The van der Waals surface area contributed by atoms with Gasteiger partial charge in [0.15, 0.2) is 10.6 Å². The fraction of sp³-hybridized carbons (Fsp3) is 0.316. The van der Waals surface area contributed by atoms with Gasteiger partial charge in [0.2, 0.25) is 0 Å². The van der Waals surface area contributed by atoms with Crippen LogP contribution in [0.15, 0.2) is 45.9 Å². The van der Waals surface area contributed by atoms with Gasteiger partial charge < -0.3 is 20.8 Å². The molecular weight excluding hydrogens is 474 g/mol. The summed E-state index contributed by atoms with van der Waals surface area (Å²) in [6.45, 7) is 1.84. The smallest absolute Gasteiger partial charge is 0.352 e. The Morgan fingerprint density at radius 1 is 1.31 bits per heavy atom. The average Bonchev–Trinajstić information content (AvgIpc) is 3.20. The zero-order valence-electron chi connectivity index (χ0n) is 16.7. The van der Waals surface area contributed by atoms with Crippen molar-refractivity contribution in [1.29, 1.82) is 0 Å². The minimum Gasteiger partial charge on any atom is -0.477 e. The third kappa shape index (κ3) is 4.60. The first kappa shape index (κ1) is 22.6. The predicted molar refractivity (Wildman–Crippen MR) is 120 cm³/mol. The van der Waals surface area contributed by atoms with Crippen molar-refractivity contribution >= 4 is 52.8 Å². The van der Waals surface area contributed by atoms with Crippen LogP contribution in [0.3, 0.4) is 0 Å². The van der Waals surface area contributed by atoms with Gasteiger partial charge in [-0.15, -0.1) is 22.0 Å². The molecule has 2 aliphatic rings. The second kappa shape index (κ2) is 9.48. The van der Waals surface area contributed by atoms with Crippen LogP contribution in [0.5, 0.6) is 0 Å². The number of β-lactam (4-membered cyclic amide) rings is 1. The lowest BCUT2D eigenvalue weighted by Gasteiger charge is -2.49. The largest absolute Gasteiger partial charge is 0.477 e. The highest BCUT2D eigenvalue weighted by Crippen LogP contribution is 2.41. The Morgan fingerprint density at radius 2 is 2.06 bits per heavy atom. The fourth-order valence-electron chi connectivity index (χ4n) is 3.31. The number of nitrogens with zero attached hydrogens (tertiary/aromatic N) is 3. The summed E-state index contributed by atoms with van der Waals surface area (Å²) in [5, 5.41) is 33.0. The second-order valence-corrected chi connectivity index (χ2v) is 10.5. The number of aromatic nitrogens is 2. The van der Waals surface area contributed by atoms with E-state index in [-0.39, 0.29) is 5.70 Å². The summed E-state index contributed by atoms with van der Waals surface area (Å²) in [5.41, 5.74) is 1.07. The van der Waals surface area contributed by atoms with E-state index in [1.54, 1.807) is 30.3 Å². The number of aliphatic carboxylic acids is 1. The van der Waals surface area contributed by atoms with Gasteiger partial charge in [0.25, 0.3) is 5.91 Å². The summed E-state index contributed by atoms with van der Waals surface area (Å²) in [7, 11) is 0. The van der Waals surface area contributed by atoms with Gasteiger partial charge >= 0.3 is 12.0 Å². The number of urea groups is 1. The molecule has 1 fully saturated rings. The van der Waals surface area contributed by atoms with Gasteiger partial charge in [0.1, 0.15) is 22.1 Å². The molecule has 4 N–H and O–H groups in total. The summed E-state index contributed by atoms with van der Waals surface area (Å²) in [5.74, 6) is -0.900. The average molecular weight is 494 g/mol. The highest BCUT2D eigenvalue weighted by Gasteiger charge is 2.54. The number of fused-ring (bicyclic) bond motifs is 1. The number of carboxylic acid groups (broad SMARTS) is 1. The first-order valence-corrected chi connectivity index (χ1v) is 12.3. The number of amides is 3. The van der Waals surface area contributed by atoms with Crippen LogP contribution in [0.2, 0.25) is 0 Å². The number of hydrogen-bond donors (Lipinski definition) is 4. The lowest BCUT2D eigenvalue weighted by atomic mass is 10.0. The van der Waals surface area contributed by atoms with Crippen molar-refractivity contribution in [2.45, 2.75) is 28.9 Å². The van der Waals surface area contributed by atoms with E-state index in [1.807, 2.05) is 6.92 Å². The van der Waals surface area contributed by atoms with Crippen LogP contribution in [-0.2, 0) is 9.59 Å². The van der Waals surface area contributed by atoms with Gasteiger partial charge in [-0.1, -0.05) is 53.4 Å². The van der Waals surface area contributed by atoms with E-state index < -0.39 is 35.6 Å². The van der Waals surface area contributed by atoms with E-state index in [9.17, 15) is 24.6 Å². The molecule has 3 heterocycles. The molecular formula is C19H19N5O5S3. The highest BCUT2D eigenvalue weighted by atomic mass is 32.2. The molecule has 2 unspecified atom stereocenters. The number of benzene rings is 1. The molecule has 13 heteroatoms. The summed E-state index contributed by atoms with van der Waals surface area (Å²) in [6, 6.07) is 6.96. The van der Waals surface area contributed by atoms with Crippen LogP contribution in [-0.4, -0.2) is 66.1 Å². The van der Waals surface area contributed by atoms with Crippen molar-refractivity contribution < 1.29 is 24.6 Å². The van der Waals surface area contributed by atoms with Crippen LogP contribution >= 0.6 is 34.9 Å². The molecule has 1 aromatic carbocycles. The molecule has 2 aromatic rings. The van der Waals surface area contributed by atoms with Crippen LogP contribution < -0.4 is 10.6 Å². The number of carbonyl (C=O) groups is 3. The summed E-state index contributed by atoms with van der Waals surface area (Å²) < 4.78 is 0.731. The summed E-state index contributed by atoms with van der Waals surface area (Å²) in [4.78, 5) is 38.1. The topological polar surface area (TPSA) is 145 Å². The standard InChI is InChI=1S/C19H19N5O5S3/c1-9-22-23-19(32-9)31-8-11-7-30-16-12(15(26)24(16)13(11)17(27)28)20-18(29)21-14(25)10-5-3-2-4-6-10/h2-6,12,14,16,25H,7-8H2,1H3,(H,27,28)(H2,20,21,29)/t12?,14?,16-/m0/s1. The van der Waals surface area contributed by atoms with Crippen molar-refractivity contribution in [2.24, 2.45) is 0 Å². The minimum atomic E-state index is -1.23. The molecule has 168 valence electrons. The van der Waals surface area contributed by atoms with Gasteiger partial charge in [0.05, 0.1) is 0 Å². The Kier molecular flexibility index (Phi) is 6.69. The molecule has 10 nitrogen and oxygen atoms in total. The third-order valence-electron chi connectivity index (χ3n) is 4.80. The first-order chi connectivity index (χ1) is 15.3. The van der Waals surface area contributed by atoms with Crippen molar-refractivity contribution in [3.05, 3.63) is 52.2 Å². The summed E-state index contributed by atoms with van der Waals surface area (Å²) >= 11 is 4.18. The fourth-order valence-corrected chi connectivity index (χ4v) is 6.61. The van der Waals surface area contributed by atoms with Gasteiger partial charge in [-0.05, 0) is 12.5 Å². The number of carboxylic acids is 1. The van der Waals surface area contributed by atoms with Crippen molar-refractivity contribution in [3.8, 4) is 0 Å². The lowest BCUT2D eigenvalue weighted by Crippen LogP contribution is -2.71. The molecule has 2 aliphatic heterocycles. The number of aryl methyl sites for hydroxylation is 1. The Balaban J connectivity index is 1.40. The number of nitrogens with one attached hydrogen (secondary N) is 2. The van der Waals surface area contributed by atoms with Crippen LogP contribution in [0, 0.1) is 6.92 Å². The predicted octanol–water partition coefficient (Wildman–Crippen LogP) is 1.55. The van der Waals surface area contributed by atoms with Crippen molar-refractivity contribution in [3.63, 3.8) is 0 Å². The molecule has 1 saturated heterocycles. The normalized spacial score (nSPS) is 20.9. The highest BCUT2D eigenvalue weighted by molar-refractivity contribution is 8.01. The van der Waals surface area contributed by atoms with Gasteiger partial charge in [-0.25, -0.2) is 9.59 Å². The molecule has 1 aromatic heterocycles. The monoisotopic (exact) mass is 493 g/mol. The van der Waals surface area contributed by atoms with E-state index >= 15 is 0 Å². The quantitative estimate of drug-likeness (QED) is 0.256. The van der Waals surface area contributed by atoms with Crippen LogP contribution in [0.25, 0.3) is 0 Å². The number of aliphatic hydroxyl groups is 1. The lowest BCUT2D eigenvalue weighted by molar-refractivity contribution is -0.148. The Labute approximate surface area is 195 Å². The Bertz CT molecular complexity index is 1080. The Morgan fingerprint density at radius 3 is 2.72 bits per heavy atom. The number of thioether (sulfide) groups is 2. The van der Waals surface area contributed by atoms with Crippen LogP contribution in [0.4, 0.5) is 4.79 Å². The molecule has 4 rings (SSSR count). The second-order valence-electron chi connectivity index (χ2n) is 6.95. The SMILES string of the molecule is Cc1nnc(SCC2=C(C(=O)O)N3C(=O)C(NC(=O)NC(O)c4ccccc4)[C@@H]3SC2)s1. The minimum absolute atomic E-state index is 0.0461. The van der Waals surface area contributed by atoms with Gasteiger partial charge in [-0.2, -0.15) is 0 Å². The Hall–Kier alpha value is -2.61. The van der Waals surface area contributed by atoms with E-state index in [4.69, 9.17) is 0 Å². The number of aliphatic hydroxyl groups excluding tert-OH is 1. The van der Waals surface area contributed by atoms with Gasteiger partial charge in [0, 0.05) is 17.1 Å². The number of hydrogen-bond acceptors (Lipinski definition) is 9. The van der Waals surface area contributed by atoms with E-state index in [2.05, 4.69) is 20.8 Å². The molecule has 0 radical (unpaired) electrons. The zero-order valence-corrected chi connectivity index (χ0v) is 19.2. The van der Waals surface area contributed by atoms with E-state index in [0.717, 1.165) is 9.35 Å². The molecule has 0 saturated carbocycles. The maximum atomic E-state index is 12.7. The van der Waals surface area contributed by atoms with Crippen molar-refractivity contribution in [2.75, 3.05) is 11.5 Å². The number of rotatable bonds is 7. The molecule has 3 atom stereocenters. The third-order valence-corrected chi connectivity index (χ3v) is 8.19. The molecule has 0 spiro atoms. The molecule has 0 aliphatic carbocycles. The zero-order chi connectivity index (χ0) is 22.8. The molecule has 32 heavy (non-hydrogen) atoms. The summed E-state index contributed by atoms with van der Waals surface area (Å²) in [6.07, 6.45) is -1.23. The first-order valence-electron chi connectivity index (χ1n) is 9.48. The molecule has 0 bridgehead atoms. The van der Waals surface area contributed by atoms with Gasteiger partial charge in [-0.3, -0.25) is 9.69 Å². The maximum Gasteiger partial charge on any atom is 0.352 e.